The lowest BCUT2D eigenvalue weighted by Gasteiger charge is -2.28. The molecule has 0 heterocycles. The Kier molecular flexibility index (Phi) is 11.7. The number of aliphatic hydroxyl groups is 1. The van der Waals surface area contributed by atoms with Crippen molar-refractivity contribution in [2.45, 2.75) is 65.5 Å². The topological polar surface area (TPSA) is 58.6 Å². The summed E-state index contributed by atoms with van der Waals surface area (Å²) in [7, 11) is 0. The lowest BCUT2D eigenvalue weighted by molar-refractivity contribution is -0.112. The number of ketones is 1. The zero-order valence-corrected chi connectivity index (χ0v) is 16.5. The number of allylic oxidation sites excluding steroid dienone is 2. The molecule has 26 heavy (non-hydrogen) atoms. The van der Waals surface area contributed by atoms with Gasteiger partial charge in [0.25, 0.3) is 0 Å². The molecule has 0 radical (unpaired) electrons. The molecular weight excluding hydrogens is 326 g/mol. The molecule has 2 atom stereocenters. The quantitative estimate of drug-likeness (QED) is 0.384. The highest BCUT2D eigenvalue weighted by molar-refractivity contribution is 5.87. The van der Waals surface area contributed by atoms with E-state index in [0.717, 1.165) is 37.8 Å². The van der Waals surface area contributed by atoms with Gasteiger partial charge < -0.3 is 15.2 Å². The minimum atomic E-state index is 0.0463. The Labute approximate surface area is 158 Å². The average Bonchev–Trinajstić information content (AvgIpc) is 2.63. The van der Waals surface area contributed by atoms with Gasteiger partial charge in [0.2, 0.25) is 0 Å². The second-order valence-electron chi connectivity index (χ2n) is 6.81. The summed E-state index contributed by atoms with van der Waals surface area (Å²) in [6.07, 6.45) is 6.26. The lowest BCUT2D eigenvalue weighted by Crippen LogP contribution is -2.37. The average molecular weight is 362 g/mol. The first kappa shape index (κ1) is 22.4. The van der Waals surface area contributed by atoms with E-state index in [2.05, 4.69) is 31.3 Å². The van der Waals surface area contributed by atoms with E-state index in [4.69, 9.17) is 4.74 Å². The highest BCUT2D eigenvalue weighted by Gasteiger charge is 2.19. The van der Waals surface area contributed by atoms with Crippen molar-refractivity contribution < 1.29 is 14.6 Å². The lowest BCUT2D eigenvalue weighted by atomic mass is 9.93. The molecule has 1 aromatic carbocycles. The first-order valence-corrected chi connectivity index (χ1v) is 9.80. The predicted molar refractivity (Wildman–Crippen MR) is 107 cm³/mol. The molecule has 1 rings (SSSR count). The zero-order chi connectivity index (χ0) is 19.2. The van der Waals surface area contributed by atoms with Gasteiger partial charge >= 0.3 is 0 Å². The Morgan fingerprint density at radius 2 is 2.00 bits per heavy atom. The van der Waals surface area contributed by atoms with Crippen molar-refractivity contribution >= 4 is 5.78 Å². The predicted octanol–water partition coefficient (Wildman–Crippen LogP) is 4.23. The van der Waals surface area contributed by atoms with Gasteiger partial charge in [-0.25, -0.2) is 0 Å². The van der Waals surface area contributed by atoms with Gasteiger partial charge in [-0.1, -0.05) is 50.6 Å². The number of carbonyl (C=O) groups is 1. The number of ether oxygens (including phenoxy) is 1. The summed E-state index contributed by atoms with van der Waals surface area (Å²) < 4.78 is 5.74. The van der Waals surface area contributed by atoms with E-state index < -0.39 is 0 Å². The molecule has 2 N–H and O–H groups in total. The van der Waals surface area contributed by atoms with Crippen molar-refractivity contribution in [2.75, 3.05) is 13.2 Å². The first-order valence-electron chi connectivity index (χ1n) is 9.80. The van der Waals surface area contributed by atoms with Gasteiger partial charge in [0.1, 0.15) is 0 Å². The van der Waals surface area contributed by atoms with Gasteiger partial charge in [-0.2, -0.15) is 0 Å². The molecular formula is C22H35NO3. The summed E-state index contributed by atoms with van der Waals surface area (Å²) in [6.45, 7) is 7.25. The van der Waals surface area contributed by atoms with Gasteiger partial charge in [-0.05, 0) is 44.2 Å². The second kappa shape index (κ2) is 13.5. The van der Waals surface area contributed by atoms with Crippen LogP contribution >= 0.6 is 0 Å². The smallest absolute Gasteiger partial charge is 0.154 e. The summed E-state index contributed by atoms with van der Waals surface area (Å²) in [5.74, 6) is 0.254. The molecule has 1 aromatic rings. The monoisotopic (exact) mass is 361 g/mol. The fraction of sp³-hybridized carbons (Fsp3) is 0.591. The Bertz CT molecular complexity index is 523. The fourth-order valence-corrected chi connectivity index (χ4v) is 3.08. The normalized spacial score (nSPS) is 14.1. The summed E-state index contributed by atoms with van der Waals surface area (Å²) in [5.41, 5.74) is 2.12. The molecule has 0 bridgehead atoms. The number of hydrogen-bond donors (Lipinski definition) is 2. The van der Waals surface area contributed by atoms with E-state index in [0.29, 0.717) is 13.2 Å². The van der Waals surface area contributed by atoms with Crippen LogP contribution in [-0.2, 0) is 16.1 Å². The van der Waals surface area contributed by atoms with Crippen molar-refractivity contribution in [1.29, 1.82) is 0 Å². The number of nitrogens with one attached hydrogen (secondary N) is 1. The highest BCUT2D eigenvalue weighted by Crippen LogP contribution is 2.16. The molecule has 0 saturated heterocycles. The van der Waals surface area contributed by atoms with Crippen LogP contribution in [0.15, 0.2) is 42.1 Å². The molecule has 0 spiro atoms. The van der Waals surface area contributed by atoms with Crippen LogP contribution < -0.4 is 5.32 Å². The van der Waals surface area contributed by atoms with Crippen molar-refractivity contribution in [3.05, 3.63) is 47.7 Å². The van der Waals surface area contributed by atoms with Crippen molar-refractivity contribution in [3.8, 4) is 0 Å². The number of rotatable bonds is 14. The summed E-state index contributed by atoms with van der Waals surface area (Å²) >= 11 is 0. The van der Waals surface area contributed by atoms with Crippen LogP contribution in [0.3, 0.4) is 0 Å². The van der Waals surface area contributed by atoms with Crippen LogP contribution in [0, 0.1) is 5.92 Å². The molecule has 0 unspecified atom stereocenters. The van der Waals surface area contributed by atoms with E-state index in [-0.39, 0.29) is 24.3 Å². The molecule has 0 aliphatic carbocycles. The maximum absolute atomic E-state index is 11.6. The number of benzene rings is 1. The maximum atomic E-state index is 11.6. The molecule has 0 amide bonds. The minimum Gasteiger partial charge on any atom is -0.396 e. The SMILES string of the molecule is CCC[C@@H](N/C(=C/C(C)=O)CCCOCc1ccccc1)[C@H](CC)CO. The molecule has 0 saturated carbocycles. The van der Waals surface area contributed by atoms with E-state index >= 15 is 0 Å². The molecule has 4 nitrogen and oxygen atoms in total. The zero-order valence-electron chi connectivity index (χ0n) is 16.5. The first-order chi connectivity index (χ1) is 12.6. The Hall–Kier alpha value is -1.65. The Morgan fingerprint density at radius 1 is 1.27 bits per heavy atom. The molecule has 4 heteroatoms. The van der Waals surface area contributed by atoms with E-state index in [1.165, 1.54) is 5.56 Å². The molecule has 146 valence electrons. The fourth-order valence-electron chi connectivity index (χ4n) is 3.08. The van der Waals surface area contributed by atoms with Gasteiger partial charge in [-0.3, -0.25) is 4.79 Å². The third kappa shape index (κ3) is 9.16. The van der Waals surface area contributed by atoms with Crippen LogP contribution in [0.5, 0.6) is 0 Å². The number of hydrogen-bond acceptors (Lipinski definition) is 4. The number of aliphatic hydroxyl groups excluding tert-OH is 1. The summed E-state index contributed by atoms with van der Waals surface area (Å²) in [5, 5.41) is 13.1. The molecule has 0 aliphatic rings. The van der Waals surface area contributed by atoms with Crippen molar-refractivity contribution in [3.63, 3.8) is 0 Å². The largest absolute Gasteiger partial charge is 0.396 e. The number of carbonyl (C=O) groups excluding carboxylic acids is 1. The summed E-state index contributed by atoms with van der Waals surface area (Å²) in [4.78, 5) is 11.6. The van der Waals surface area contributed by atoms with Crippen molar-refractivity contribution in [1.82, 2.24) is 5.32 Å². The van der Waals surface area contributed by atoms with E-state index in [1.807, 2.05) is 18.2 Å². The van der Waals surface area contributed by atoms with Gasteiger partial charge in [0, 0.05) is 30.9 Å². The third-order valence-corrected chi connectivity index (χ3v) is 4.52. The van der Waals surface area contributed by atoms with Gasteiger partial charge in [0.05, 0.1) is 6.61 Å². The third-order valence-electron chi connectivity index (χ3n) is 4.52. The standard InChI is InChI=1S/C22H35NO3/c1-4-10-22(20(5-2)16-24)23-21(15-18(3)25)13-9-14-26-17-19-11-7-6-8-12-19/h6-8,11-12,15,20,22-24H,4-5,9-10,13-14,16-17H2,1-3H3/b21-15+/t20-,22-/m1/s1. The van der Waals surface area contributed by atoms with Crippen LogP contribution in [0.2, 0.25) is 0 Å². The second-order valence-corrected chi connectivity index (χ2v) is 6.81. The Balaban J connectivity index is 2.51. The maximum Gasteiger partial charge on any atom is 0.154 e. The van der Waals surface area contributed by atoms with Crippen LogP contribution in [0.25, 0.3) is 0 Å². The summed E-state index contributed by atoms with van der Waals surface area (Å²) in [6, 6.07) is 10.3. The van der Waals surface area contributed by atoms with Crippen LogP contribution in [0.4, 0.5) is 0 Å². The van der Waals surface area contributed by atoms with E-state index in [9.17, 15) is 9.90 Å². The van der Waals surface area contributed by atoms with Crippen LogP contribution in [0.1, 0.15) is 58.4 Å². The van der Waals surface area contributed by atoms with Crippen LogP contribution in [-0.4, -0.2) is 30.1 Å². The Morgan fingerprint density at radius 3 is 2.58 bits per heavy atom. The minimum absolute atomic E-state index is 0.0463. The molecule has 0 aromatic heterocycles. The van der Waals surface area contributed by atoms with E-state index in [1.54, 1.807) is 13.0 Å². The molecule has 0 aliphatic heterocycles. The highest BCUT2D eigenvalue weighted by atomic mass is 16.5. The van der Waals surface area contributed by atoms with Gasteiger partial charge in [0.15, 0.2) is 5.78 Å². The van der Waals surface area contributed by atoms with Crippen molar-refractivity contribution in [2.24, 2.45) is 5.92 Å². The molecule has 0 fully saturated rings. The van der Waals surface area contributed by atoms with Gasteiger partial charge in [-0.15, -0.1) is 0 Å².